The SMILES string of the molecule is CCc1nc2nnc3c(=O)n(CCc4ccccc4)ccc3n2n1. The van der Waals surface area contributed by atoms with Crippen LogP contribution in [0.15, 0.2) is 47.4 Å². The fraction of sp³-hybridized carbons (Fsp3) is 0.235. The summed E-state index contributed by atoms with van der Waals surface area (Å²) in [7, 11) is 0. The van der Waals surface area contributed by atoms with Gasteiger partial charge in [-0.25, -0.2) is 0 Å². The Morgan fingerprint density at radius 3 is 2.71 bits per heavy atom. The van der Waals surface area contributed by atoms with Crippen LogP contribution in [0.5, 0.6) is 0 Å². The molecule has 0 bridgehead atoms. The van der Waals surface area contributed by atoms with E-state index in [9.17, 15) is 4.79 Å². The maximum absolute atomic E-state index is 12.7. The second-order valence-corrected chi connectivity index (χ2v) is 5.58. The lowest BCUT2D eigenvalue weighted by Crippen LogP contribution is -2.22. The van der Waals surface area contributed by atoms with Gasteiger partial charge in [-0.15, -0.1) is 15.3 Å². The van der Waals surface area contributed by atoms with Crippen molar-refractivity contribution in [1.29, 1.82) is 0 Å². The van der Waals surface area contributed by atoms with E-state index in [0.717, 1.165) is 6.42 Å². The fourth-order valence-corrected chi connectivity index (χ4v) is 2.70. The average molecular weight is 320 g/mol. The molecule has 1 aromatic carbocycles. The first kappa shape index (κ1) is 14.5. The van der Waals surface area contributed by atoms with Gasteiger partial charge in [0.1, 0.15) is 5.52 Å². The maximum atomic E-state index is 12.7. The van der Waals surface area contributed by atoms with Gasteiger partial charge in [0.25, 0.3) is 11.3 Å². The third-order valence-corrected chi connectivity index (χ3v) is 4.02. The van der Waals surface area contributed by atoms with Crippen LogP contribution < -0.4 is 5.56 Å². The molecule has 7 heteroatoms. The van der Waals surface area contributed by atoms with Crippen LogP contribution in [0.3, 0.4) is 0 Å². The van der Waals surface area contributed by atoms with Crippen molar-refractivity contribution in [2.24, 2.45) is 0 Å². The summed E-state index contributed by atoms with van der Waals surface area (Å²) in [6.45, 7) is 2.57. The zero-order valence-corrected chi connectivity index (χ0v) is 13.3. The molecule has 120 valence electrons. The third-order valence-electron chi connectivity index (χ3n) is 4.02. The summed E-state index contributed by atoms with van der Waals surface area (Å²) in [6.07, 6.45) is 3.27. The zero-order chi connectivity index (χ0) is 16.5. The quantitative estimate of drug-likeness (QED) is 0.571. The molecule has 0 aliphatic rings. The van der Waals surface area contributed by atoms with Gasteiger partial charge >= 0.3 is 0 Å². The molecular weight excluding hydrogens is 304 g/mol. The van der Waals surface area contributed by atoms with Crippen molar-refractivity contribution in [3.63, 3.8) is 0 Å². The maximum Gasteiger partial charge on any atom is 0.280 e. The van der Waals surface area contributed by atoms with Crippen LogP contribution in [-0.2, 0) is 19.4 Å². The molecule has 0 atom stereocenters. The van der Waals surface area contributed by atoms with Crippen LogP contribution in [0.2, 0.25) is 0 Å². The summed E-state index contributed by atoms with van der Waals surface area (Å²) in [5.74, 6) is 1.10. The highest BCUT2D eigenvalue weighted by molar-refractivity contribution is 5.74. The van der Waals surface area contributed by atoms with Gasteiger partial charge in [-0.3, -0.25) is 4.79 Å². The fourth-order valence-electron chi connectivity index (χ4n) is 2.70. The predicted octanol–water partition coefficient (Wildman–Crippen LogP) is 1.64. The summed E-state index contributed by atoms with van der Waals surface area (Å²) in [6, 6.07) is 11.9. The van der Waals surface area contributed by atoms with E-state index in [1.54, 1.807) is 15.3 Å². The number of hydrogen-bond acceptors (Lipinski definition) is 5. The second-order valence-electron chi connectivity index (χ2n) is 5.58. The lowest BCUT2D eigenvalue weighted by Gasteiger charge is -2.07. The summed E-state index contributed by atoms with van der Waals surface area (Å²) in [5, 5.41) is 12.5. The Balaban J connectivity index is 1.75. The van der Waals surface area contributed by atoms with E-state index in [1.807, 2.05) is 31.2 Å². The van der Waals surface area contributed by atoms with Crippen molar-refractivity contribution in [1.82, 2.24) is 29.4 Å². The van der Waals surface area contributed by atoms with E-state index in [1.165, 1.54) is 5.56 Å². The van der Waals surface area contributed by atoms with Crippen LogP contribution >= 0.6 is 0 Å². The lowest BCUT2D eigenvalue weighted by molar-refractivity contribution is 0.671. The number of nitrogens with zero attached hydrogens (tertiary/aromatic N) is 6. The first-order chi connectivity index (χ1) is 11.8. The highest BCUT2D eigenvalue weighted by atomic mass is 16.1. The molecule has 0 saturated carbocycles. The number of aromatic nitrogens is 6. The Morgan fingerprint density at radius 1 is 1.08 bits per heavy atom. The summed E-state index contributed by atoms with van der Waals surface area (Å²) < 4.78 is 3.25. The van der Waals surface area contributed by atoms with Crippen molar-refractivity contribution in [2.45, 2.75) is 26.3 Å². The van der Waals surface area contributed by atoms with Crippen molar-refractivity contribution < 1.29 is 0 Å². The smallest absolute Gasteiger partial charge is 0.280 e. The minimum Gasteiger partial charge on any atom is -0.313 e. The van der Waals surface area contributed by atoms with Gasteiger partial charge in [0.05, 0.1) is 0 Å². The topological polar surface area (TPSA) is 78.0 Å². The van der Waals surface area contributed by atoms with E-state index in [-0.39, 0.29) is 5.56 Å². The van der Waals surface area contributed by atoms with Crippen LogP contribution in [-0.4, -0.2) is 29.4 Å². The first-order valence-corrected chi connectivity index (χ1v) is 7.91. The summed E-state index contributed by atoms with van der Waals surface area (Å²) >= 11 is 0. The number of aryl methyl sites for hydroxylation is 3. The minimum absolute atomic E-state index is 0.161. The van der Waals surface area contributed by atoms with Gasteiger partial charge in [-0.05, 0) is 18.1 Å². The normalized spacial score (nSPS) is 11.4. The molecule has 4 aromatic rings. The molecule has 0 unspecified atom stereocenters. The largest absolute Gasteiger partial charge is 0.313 e. The Bertz CT molecular complexity index is 1070. The third kappa shape index (κ3) is 2.44. The van der Waals surface area contributed by atoms with E-state index in [4.69, 9.17) is 0 Å². The molecule has 3 aromatic heterocycles. The van der Waals surface area contributed by atoms with Gasteiger partial charge < -0.3 is 4.57 Å². The van der Waals surface area contributed by atoms with E-state index in [2.05, 4.69) is 32.4 Å². The molecule has 0 radical (unpaired) electrons. The Morgan fingerprint density at radius 2 is 1.92 bits per heavy atom. The molecule has 0 amide bonds. The monoisotopic (exact) mass is 320 g/mol. The molecule has 3 heterocycles. The zero-order valence-electron chi connectivity index (χ0n) is 13.3. The van der Waals surface area contributed by atoms with Gasteiger partial charge in [0.2, 0.25) is 0 Å². The Kier molecular flexibility index (Phi) is 3.53. The number of hydrogen-bond donors (Lipinski definition) is 0. The lowest BCUT2D eigenvalue weighted by atomic mass is 10.1. The van der Waals surface area contributed by atoms with Crippen molar-refractivity contribution in [3.8, 4) is 0 Å². The van der Waals surface area contributed by atoms with Gasteiger partial charge in [0.15, 0.2) is 11.3 Å². The average Bonchev–Trinajstić information content (AvgIpc) is 3.06. The number of rotatable bonds is 4. The molecule has 7 nitrogen and oxygen atoms in total. The Hall–Kier alpha value is -3.09. The van der Waals surface area contributed by atoms with Gasteiger partial charge in [-0.2, -0.15) is 9.50 Å². The van der Waals surface area contributed by atoms with Crippen LogP contribution in [0.1, 0.15) is 18.3 Å². The number of benzene rings is 1. The summed E-state index contributed by atoms with van der Waals surface area (Å²) in [4.78, 5) is 16.9. The minimum atomic E-state index is -0.161. The van der Waals surface area contributed by atoms with E-state index >= 15 is 0 Å². The van der Waals surface area contributed by atoms with Gasteiger partial charge in [0, 0.05) is 19.2 Å². The van der Waals surface area contributed by atoms with Crippen molar-refractivity contribution >= 4 is 16.8 Å². The summed E-state index contributed by atoms with van der Waals surface area (Å²) in [5.41, 5.74) is 1.97. The van der Waals surface area contributed by atoms with E-state index in [0.29, 0.717) is 35.6 Å². The molecule has 0 N–H and O–H groups in total. The van der Waals surface area contributed by atoms with Gasteiger partial charge in [-0.1, -0.05) is 37.3 Å². The molecule has 0 aliphatic carbocycles. The highest BCUT2D eigenvalue weighted by Crippen LogP contribution is 2.09. The molecular formula is C17H16N6O. The second kappa shape index (κ2) is 5.84. The number of pyridine rings is 1. The standard InChI is InChI=1S/C17H16N6O/c1-2-14-18-17-20-19-15-13(23(17)21-14)9-11-22(16(15)24)10-8-12-6-4-3-5-7-12/h3-7,9,11H,2,8,10H2,1H3. The van der Waals surface area contributed by atoms with Crippen molar-refractivity contribution in [2.75, 3.05) is 0 Å². The Labute approximate surface area is 137 Å². The molecule has 0 aliphatic heterocycles. The predicted molar refractivity (Wildman–Crippen MR) is 89.9 cm³/mol. The molecule has 0 spiro atoms. The number of fused-ring (bicyclic) bond motifs is 3. The van der Waals surface area contributed by atoms with Crippen LogP contribution in [0, 0.1) is 0 Å². The highest BCUT2D eigenvalue weighted by Gasteiger charge is 2.12. The molecule has 0 saturated heterocycles. The van der Waals surface area contributed by atoms with Crippen molar-refractivity contribution in [3.05, 3.63) is 64.3 Å². The van der Waals surface area contributed by atoms with Crippen LogP contribution in [0.4, 0.5) is 0 Å². The molecule has 24 heavy (non-hydrogen) atoms. The van der Waals surface area contributed by atoms with E-state index < -0.39 is 0 Å². The first-order valence-electron chi connectivity index (χ1n) is 7.91. The molecule has 4 rings (SSSR count). The van der Waals surface area contributed by atoms with Crippen LogP contribution in [0.25, 0.3) is 16.8 Å². The molecule has 0 fully saturated rings.